The molecule has 0 spiro atoms. The maximum absolute atomic E-state index is 12.3. The highest BCUT2D eigenvalue weighted by Gasteiger charge is 2.36. The summed E-state index contributed by atoms with van der Waals surface area (Å²) in [5.41, 5.74) is 0.470. The highest BCUT2D eigenvalue weighted by atomic mass is 16.5. The van der Waals surface area contributed by atoms with Crippen molar-refractivity contribution < 1.29 is 14.6 Å². The first kappa shape index (κ1) is 14.0. The van der Waals surface area contributed by atoms with Gasteiger partial charge in [-0.25, -0.2) is 0 Å². The van der Waals surface area contributed by atoms with Crippen molar-refractivity contribution in [1.29, 1.82) is 0 Å². The number of rotatable bonds is 5. The molecule has 1 atom stereocenters. The number of nitrogens with zero attached hydrogens (tertiary/aromatic N) is 3. The Bertz CT molecular complexity index is 452. The monoisotopic (exact) mass is 268 g/mol. The number of carbonyl (C=O) groups is 1. The van der Waals surface area contributed by atoms with Gasteiger partial charge in [0.1, 0.15) is 0 Å². The average molecular weight is 268 g/mol. The molecule has 1 fully saturated rings. The second kappa shape index (κ2) is 5.66. The molecule has 1 saturated heterocycles. The molecule has 1 aromatic rings. The van der Waals surface area contributed by atoms with E-state index in [1.165, 1.54) is 4.80 Å². The molecule has 1 aliphatic rings. The van der Waals surface area contributed by atoms with E-state index in [-0.39, 0.29) is 12.5 Å². The third kappa shape index (κ3) is 2.93. The third-order valence-corrected chi connectivity index (χ3v) is 3.39. The summed E-state index contributed by atoms with van der Waals surface area (Å²) in [7, 11) is 0. The van der Waals surface area contributed by atoms with Crippen LogP contribution in [0, 0.1) is 6.92 Å². The fraction of sp³-hybridized carbons (Fsp3) is 0.750. The fourth-order valence-electron chi connectivity index (χ4n) is 2.26. The van der Waals surface area contributed by atoms with Crippen molar-refractivity contribution >= 4 is 5.91 Å². The topological polar surface area (TPSA) is 89.3 Å². The van der Waals surface area contributed by atoms with E-state index in [1.807, 2.05) is 6.92 Å². The molecular formula is C12H20N4O3. The van der Waals surface area contributed by atoms with Crippen molar-refractivity contribution in [2.24, 2.45) is 0 Å². The predicted molar refractivity (Wildman–Crippen MR) is 67.8 cm³/mol. The number of hydrogen-bond acceptors (Lipinski definition) is 5. The quantitative estimate of drug-likeness (QED) is 0.777. The van der Waals surface area contributed by atoms with E-state index >= 15 is 0 Å². The highest BCUT2D eigenvalue weighted by molar-refractivity contribution is 5.93. The number of amides is 1. The van der Waals surface area contributed by atoms with Gasteiger partial charge in [0.05, 0.1) is 24.4 Å². The first-order chi connectivity index (χ1) is 9.10. The van der Waals surface area contributed by atoms with Crippen molar-refractivity contribution in [3.8, 4) is 0 Å². The molecule has 0 saturated carbocycles. The van der Waals surface area contributed by atoms with Crippen LogP contribution in [0.2, 0.25) is 0 Å². The lowest BCUT2D eigenvalue weighted by atomic mass is 9.94. The zero-order valence-corrected chi connectivity index (χ0v) is 11.3. The first-order valence-corrected chi connectivity index (χ1v) is 6.53. The Hall–Kier alpha value is -1.47. The summed E-state index contributed by atoms with van der Waals surface area (Å²) in [5.74, 6) is -0.254. The van der Waals surface area contributed by atoms with Crippen molar-refractivity contribution in [2.75, 3.05) is 19.8 Å². The molecule has 19 heavy (non-hydrogen) atoms. The minimum atomic E-state index is -0.478. The number of aryl methyl sites for hydroxylation is 2. The fourth-order valence-corrected chi connectivity index (χ4v) is 2.26. The van der Waals surface area contributed by atoms with Crippen LogP contribution in [0.25, 0.3) is 0 Å². The van der Waals surface area contributed by atoms with Gasteiger partial charge in [-0.2, -0.15) is 9.90 Å². The SMILES string of the molecule is CCn1nc(C)c(C(=O)NC2(CCO)CCOC2)n1. The Balaban J connectivity index is 2.12. The summed E-state index contributed by atoms with van der Waals surface area (Å²) in [6, 6.07) is 0. The molecule has 2 heterocycles. The Morgan fingerprint density at radius 1 is 1.58 bits per heavy atom. The summed E-state index contributed by atoms with van der Waals surface area (Å²) >= 11 is 0. The average Bonchev–Trinajstić information content (AvgIpc) is 2.97. The van der Waals surface area contributed by atoms with Gasteiger partial charge in [0, 0.05) is 13.2 Å². The summed E-state index contributed by atoms with van der Waals surface area (Å²) in [6.45, 7) is 5.35. The van der Waals surface area contributed by atoms with Crippen molar-refractivity contribution in [3.63, 3.8) is 0 Å². The normalized spacial score (nSPS) is 22.7. The van der Waals surface area contributed by atoms with Crippen LogP contribution in [-0.2, 0) is 11.3 Å². The molecule has 1 aliphatic heterocycles. The summed E-state index contributed by atoms with van der Waals surface area (Å²) in [5, 5.41) is 20.4. The molecule has 2 N–H and O–H groups in total. The molecule has 7 heteroatoms. The number of nitrogens with one attached hydrogen (secondary N) is 1. The van der Waals surface area contributed by atoms with Gasteiger partial charge in [0.2, 0.25) is 0 Å². The lowest BCUT2D eigenvalue weighted by molar-refractivity contribution is 0.0844. The van der Waals surface area contributed by atoms with E-state index < -0.39 is 5.54 Å². The van der Waals surface area contributed by atoms with Crippen LogP contribution in [0.3, 0.4) is 0 Å². The Morgan fingerprint density at radius 2 is 2.37 bits per heavy atom. The number of hydrogen-bond donors (Lipinski definition) is 2. The van der Waals surface area contributed by atoms with E-state index in [0.717, 1.165) is 0 Å². The highest BCUT2D eigenvalue weighted by Crippen LogP contribution is 2.23. The van der Waals surface area contributed by atoms with Gasteiger partial charge in [-0.3, -0.25) is 4.79 Å². The van der Waals surface area contributed by atoms with Gasteiger partial charge >= 0.3 is 0 Å². The van der Waals surface area contributed by atoms with Gasteiger partial charge in [0.25, 0.3) is 5.91 Å². The number of aliphatic hydroxyl groups is 1. The number of ether oxygens (including phenoxy) is 1. The van der Waals surface area contributed by atoms with Gasteiger partial charge < -0.3 is 15.2 Å². The summed E-state index contributed by atoms with van der Waals surface area (Å²) in [4.78, 5) is 13.8. The zero-order valence-electron chi connectivity index (χ0n) is 11.3. The molecule has 2 rings (SSSR count). The molecule has 106 valence electrons. The smallest absolute Gasteiger partial charge is 0.274 e. The lowest BCUT2D eigenvalue weighted by Gasteiger charge is -2.27. The predicted octanol–water partition coefficient (Wildman–Crippen LogP) is -0.122. The van der Waals surface area contributed by atoms with Crippen LogP contribution in [0.1, 0.15) is 35.9 Å². The summed E-state index contributed by atoms with van der Waals surface area (Å²) < 4.78 is 5.34. The molecule has 0 bridgehead atoms. The molecule has 0 radical (unpaired) electrons. The molecule has 0 aliphatic carbocycles. The molecule has 1 aromatic heterocycles. The molecular weight excluding hydrogens is 248 g/mol. The molecule has 0 aromatic carbocycles. The first-order valence-electron chi connectivity index (χ1n) is 6.53. The number of aromatic nitrogens is 3. The minimum Gasteiger partial charge on any atom is -0.396 e. The number of aliphatic hydroxyl groups excluding tert-OH is 1. The van der Waals surface area contributed by atoms with Crippen LogP contribution in [0.4, 0.5) is 0 Å². The standard InChI is InChI=1S/C12H20N4O3/c1-3-16-14-9(2)10(15-16)11(18)13-12(4-6-17)5-7-19-8-12/h17H,3-8H2,1-2H3,(H,13,18). The van der Waals surface area contributed by atoms with Crippen molar-refractivity contribution in [1.82, 2.24) is 20.3 Å². The van der Waals surface area contributed by atoms with Crippen LogP contribution in [0.5, 0.6) is 0 Å². The van der Waals surface area contributed by atoms with E-state index in [4.69, 9.17) is 9.84 Å². The summed E-state index contributed by atoms with van der Waals surface area (Å²) in [6.07, 6.45) is 1.19. The van der Waals surface area contributed by atoms with Gasteiger partial charge in [-0.1, -0.05) is 0 Å². The van der Waals surface area contributed by atoms with Gasteiger partial charge in [-0.05, 0) is 26.7 Å². The van der Waals surface area contributed by atoms with Gasteiger partial charge in [0.15, 0.2) is 5.69 Å². The van der Waals surface area contributed by atoms with E-state index in [2.05, 4.69) is 15.5 Å². The molecule has 1 unspecified atom stereocenters. The Labute approximate surface area is 111 Å². The second-order valence-corrected chi connectivity index (χ2v) is 4.83. The Morgan fingerprint density at radius 3 is 2.89 bits per heavy atom. The Kier molecular flexibility index (Phi) is 4.16. The third-order valence-electron chi connectivity index (χ3n) is 3.39. The van der Waals surface area contributed by atoms with E-state index in [0.29, 0.717) is 44.0 Å². The zero-order chi connectivity index (χ0) is 13.9. The molecule has 1 amide bonds. The largest absolute Gasteiger partial charge is 0.396 e. The number of carbonyl (C=O) groups excluding carboxylic acids is 1. The second-order valence-electron chi connectivity index (χ2n) is 4.83. The minimum absolute atomic E-state index is 0.0181. The van der Waals surface area contributed by atoms with Crippen molar-refractivity contribution in [2.45, 2.75) is 38.8 Å². The van der Waals surface area contributed by atoms with Crippen molar-refractivity contribution in [3.05, 3.63) is 11.4 Å². The van der Waals surface area contributed by atoms with Crippen LogP contribution < -0.4 is 5.32 Å². The molecule has 7 nitrogen and oxygen atoms in total. The van der Waals surface area contributed by atoms with Crippen LogP contribution in [-0.4, -0.2) is 51.4 Å². The lowest BCUT2D eigenvalue weighted by Crippen LogP contribution is -2.50. The maximum Gasteiger partial charge on any atom is 0.274 e. The van der Waals surface area contributed by atoms with Crippen LogP contribution >= 0.6 is 0 Å². The van der Waals surface area contributed by atoms with Gasteiger partial charge in [-0.15, -0.1) is 5.10 Å². The maximum atomic E-state index is 12.3. The van der Waals surface area contributed by atoms with Crippen LogP contribution in [0.15, 0.2) is 0 Å². The van der Waals surface area contributed by atoms with E-state index in [1.54, 1.807) is 6.92 Å². The van der Waals surface area contributed by atoms with E-state index in [9.17, 15) is 4.79 Å².